The van der Waals surface area contributed by atoms with E-state index in [2.05, 4.69) is 47.5 Å². The van der Waals surface area contributed by atoms with E-state index in [1.807, 2.05) is 82.3 Å². The summed E-state index contributed by atoms with van der Waals surface area (Å²) in [5.74, 6) is -6.34. The number of carbonyl (C=O) groups excluding carboxylic acids is 8. The zero-order valence-corrected chi connectivity index (χ0v) is 47.0. The molecule has 20 heteroatoms. The zero-order chi connectivity index (χ0) is 57.4. The first-order valence-corrected chi connectivity index (χ1v) is 27.8. The highest BCUT2D eigenvalue weighted by Crippen LogP contribution is 2.48. The Balaban J connectivity index is 1.01. The number of para-hydroxylation sites is 1. The van der Waals surface area contributed by atoms with E-state index in [0.29, 0.717) is 12.8 Å². The van der Waals surface area contributed by atoms with E-state index in [9.17, 15) is 48.3 Å². The van der Waals surface area contributed by atoms with Gasteiger partial charge >= 0.3 is 5.97 Å². The number of carbonyl (C=O) groups is 9. The Labute approximate surface area is 457 Å². The number of aromatic nitrogens is 1. The minimum Gasteiger partial charge on any atom is -0.480 e. The predicted molar refractivity (Wildman–Crippen MR) is 294 cm³/mol. The maximum Gasteiger partial charge on any atom is 0.326 e. The van der Waals surface area contributed by atoms with Crippen molar-refractivity contribution in [3.05, 3.63) is 71.9 Å². The molecule has 3 aliphatic carbocycles. The topological polar surface area (TPSA) is 312 Å². The van der Waals surface area contributed by atoms with Crippen LogP contribution < -0.4 is 48.3 Å². The van der Waals surface area contributed by atoms with Gasteiger partial charge in [-0.3, -0.25) is 38.4 Å². The van der Waals surface area contributed by atoms with Crippen LogP contribution in [0.1, 0.15) is 107 Å². The average Bonchev–Trinajstić information content (AvgIpc) is 4.31. The van der Waals surface area contributed by atoms with E-state index in [1.54, 1.807) is 47.7 Å². The van der Waals surface area contributed by atoms with Gasteiger partial charge in [0.05, 0.1) is 0 Å². The summed E-state index contributed by atoms with van der Waals surface area (Å²) in [7, 11) is 0. The molecule has 6 rings (SSSR count). The molecule has 3 aliphatic rings. The molecule has 3 fully saturated rings. The normalized spacial score (nSPS) is 23.9. The van der Waals surface area contributed by atoms with Crippen LogP contribution in [0.4, 0.5) is 0 Å². The lowest BCUT2D eigenvalue weighted by Gasteiger charge is -2.25. The number of hydrogen-bond acceptors (Lipinski definition) is 10. The van der Waals surface area contributed by atoms with Gasteiger partial charge in [-0.2, -0.15) is 0 Å². The van der Waals surface area contributed by atoms with E-state index in [4.69, 9.17) is 5.73 Å². The van der Waals surface area contributed by atoms with Crippen molar-refractivity contribution >= 4 is 64.1 Å². The lowest BCUT2D eigenvalue weighted by atomic mass is 9.99. The van der Waals surface area contributed by atoms with Gasteiger partial charge in [0, 0.05) is 65.8 Å². The van der Waals surface area contributed by atoms with Gasteiger partial charge in [-0.05, 0) is 119 Å². The number of H-pyrrole nitrogens is 1. The molecule has 18 atom stereocenters. The standard InChI is InChI=1S/C58H84N10O10/c1-27(2)49(58(77)78)68-55(74)36(11)65-52(71)30(5)42-25-45(42)33(8)62-57(76)48(22-38-26-60-46-20-16-15-19-39(38)46)67-54(73)35(10)64-51(70)29(4)41-24-44(41)32(7)61-56(75)47(21-37-17-13-12-14-18-37)66-53(72)34(9)63-50(69)28(3)40-23-43(40)31(6)59/h12-20,26-36,40-45,47-49,60H,21-25,59H2,1-11H3,(H,61,75)(H,62,76)(H,63,69)(H,64,70)(H,65,71)(H,66,72)(H,67,73)(H,68,74)(H,77,78)/t28-,29-,30-,31-,32-,33-,34-,35-,36-,40-,41-,42-,43-,44-,45-,47+,48+,49+/m1/s1. The first-order valence-electron chi connectivity index (χ1n) is 27.8. The molecule has 3 saturated carbocycles. The average molecular weight is 1080 g/mol. The van der Waals surface area contributed by atoms with Crippen LogP contribution >= 0.6 is 0 Å². The van der Waals surface area contributed by atoms with Crippen molar-refractivity contribution < 1.29 is 48.3 Å². The lowest BCUT2D eigenvalue weighted by Crippen LogP contribution is -2.55. The second-order valence-corrected chi connectivity index (χ2v) is 23.1. The summed E-state index contributed by atoms with van der Waals surface area (Å²) >= 11 is 0. The number of nitrogens with two attached hydrogens (primary N) is 1. The summed E-state index contributed by atoms with van der Waals surface area (Å²) in [6.45, 7) is 19.0. The van der Waals surface area contributed by atoms with Crippen LogP contribution in [0.15, 0.2) is 60.8 Å². The predicted octanol–water partition coefficient (Wildman–Crippen LogP) is 2.84. The molecule has 3 aromatic rings. The van der Waals surface area contributed by atoms with Gasteiger partial charge in [-0.15, -0.1) is 0 Å². The number of amides is 8. The highest BCUT2D eigenvalue weighted by molar-refractivity contribution is 5.95. The summed E-state index contributed by atoms with van der Waals surface area (Å²) in [4.78, 5) is 123. The number of fused-ring (bicyclic) bond motifs is 1. The number of aromatic amines is 1. The van der Waals surface area contributed by atoms with Gasteiger partial charge in [0.2, 0.25) is 47.3 Å². The molecule has 20 nitrogen and oxygen atoms in total. The number of carboxylic acid groups (broad SMARTS) is 1. The number of nitrogens with one attached hydrogen (secondary N) is 9. The van der Waals surface area contributed by atoms with Crippen LogP contribution in [0, 0.1) is 59.2 Å². The second kappa shape index (κ2) is 26.2. The Kier molecular flexibility index (Phi) is 20.3. The lowest BCUT2D eigenvalue weighted by molar-refractivity contribution is -0.143. The summed E-state index contributed by atoms with van der Waals surface area (Å²) in [5, 5.41) is 33.1. The molecule has 1 aromatic heterocycles. The van der Waals surface area contributed by atoms with Crippen molar-refractivity contribution in [2.75, 3.05) is 0 Å². The smallest absolute Gasteiger partial charge is 0.326 e. The number of aliphatic carboxylic acids is 1. The van der Waals surface area contributed by atoms with Gasteiger partial charge in [-0.25, -0.2) is 4.79 Å². The summed E-state index contributed by atoms with van der Waals surface area (Å²) in [6.07, 6.45) is 4.27. The number of rotatable bonds is 28. The third kappa shape index (κ3) is 15.7. The fourth-order valence-corrected chi connectivity index (χ4v) is 11.0. The Morgan fingerprint density at radius 2 is 0.897 bits per heavy atom. The molecule has 0 bridgehead atoms. The molecular formula is C58H84N10O10. The van der Waals surface area contributed by atoms with E-state index in [0.717, 1.165) is 28.5 Å². The molecule has 1 heterocycles. The van der Waals surface area contributed by atoms with Crippen molar-refractivity contribution in [2.24, 2.45) is 64.9 Å². The largest absolute Gasteiger partial charge is 0.480 e. The Morgan fingerprint density at radius 3 is 1.33 bits per heavy atom. The number of carboxylic acids is 1. The van der Waals surface area contributed by atoms with Crippen LogP contribution in [-0.2, 0) is 56.0 Å². The Hall–Kier alpha value is -6.83. The van der Waals surface area contributed by atoms with Crippen molar-refractivity contribution in [3.8, 4) is 0 Å². The molecule has 0 aliphatic heterocycles. The monoisotopic (exact) mass is 1080 g/mol. The van der Waals surface area contributed by atoms with Crippen molar-refractivity contribution in [1.82, 2.24) is 47.5 Å². The quantitative estimate of drug-likeness (QED) is 0.0503. The number of hydrogen-bond donors (Lipinski definition) is 11. The molecular weight excluding hydrogens is 997 g/mol. The molecule has 78 heavy (non-hydrogen) atoms. The van der Waals surface area contributed by atoms with Gasteiger partial charge in [-0.1, -0.05) is 83.1 Å². The maximum absolute atomic E-state index is 14.2. The fraction of sp³-hybridized carbons (Fsp3) is 0.603. The first kappa shape index (κ1) is 60.4. The molecule has 0 unspecified atom stereocenters. The first-order chi connectivity index (χ1) is 36.8. The van der Waals surface area contributed by atoms with Gasteiger partial charge in [0.15, 0.2) is 0 Å². The number of benzene rings is 2. The second-order valence-electron chi connectivity index (χ2n) is 23.1. The third-order valence-electron chi connectivity index (χ3n) is 16.7. The van der Waals surface area contributed by atoms with Gasteiger partial charge in [0.25, 0.3) is 0 Å². The summed E-state index contributed by atoms with van der Waals surface area (Å²) < 4.78 is 0. The Morgan fingerprint density at radius 1 is 0.487 bits per heavy atom. The zero-order valence-electron chi connectivity index (χ0n) is 47.0. The highest BCUT2D eigenvalue weighted by Gasteiger charge is 2.50. The van der Waals surface area contributed by atoms with Gasteiger partial charge in [0.1, 0.15) is 36.3 Å². The third-order valence-corrected chi connectivity index (χ3v) is 16.7. The SMILES string of the molecule is CC(C)[C@H](NC(=O)[C@@H](C)NC(=O)[C@H](C)[C@H]1C[C@@H]1[C@@H](C)NC(=O)[C@H](Cc1c[nH]c2ccccc12)NC(=O)[C@@H](C)NC(=O)[C@H](C)[C@H]1C[C@@H]1[C@@H](C)NC(=O)[C@H](Cc1ccccc1)NC(=O)[C@@H](C)NC(=O)[C@H](C)[C@H]1C[C@@H]1[C@@H](C)N)C(=O)O. The van der Waals surface area contributed by atoms with Crippen molar-refractivity contribution in [2.45, 2.75) is 163 Å². The molecule has 0 radical (unpaired) electrons. The van der Waals surface area contributed by atoms with E-state index in [-0.39, 0.29) is 90.0 Å². The maximum atomic E-state index is 14.2. The Bertz CT molecular complexity index is 2660. The van der Waals surface area contributed by atoms with E-state index >= 15 is 0 Å². The van der Waals surface area contributed by atoms with Crippen LogP contribution in [0.5, 0.6) is 0 Å². The van der Waals surface area contributed by atoms with E-state index < -0.39 is 89.6 Å². The summed E-state index contributed by atoms with van der Waals surface area (Å²) in [6, 6.07) is 10.1. The molecule has 2 aromatic carbocycles. The molecule has 8 amide bonds. The highest BCUT2D eigenvalue weighted by atomic mass is 16.4. The molecule has 0 saturated heterocycles. The van der Waals surface area contributed by atoms with Crippen LogP contribution in [0.25, 0.3) is 10.9 Å². The fourth-order valence-electron chi connectivity index (χ4n) is 11.0. The minimum absolute atomic E-state index is 0.0140. The van der Waals surface area contributed by atoms with Crippen LogP contribution in [0.2, 0.25) is 0 Å². The molecule has 0 spiro atoms. The van der Waals surface area contributed by atoms with Crippen LogP contribution in [-0.4, -0.2) is 118 Å². The van der Waals surface area contributed by atoms with Crippen LogP contribution in [0.3, 0.4) is 0 Å². The minimum atomic E-state index is -1.17. The van der Waals surface area contributed by atoms with E-state index in [1.165, 1.54) is 6.92 Å². The van der Waals surface area contributed by atoms with Crippen molar-refractivity contribution in [1.29, 1.82) is 0 Å². The summed E-state index contributed by atoms with van der Waals surface area (Å²) in [5.41, 5.74) is 8.53. The van der Waals surface area contributed by atoms with Crippen molar-refractivity contribution in [3.63, 3.8) is 0 Å². The molecule has 426 valence electrons. The van der Waals surface area contributed by atoms with Gasteiger partial charge < -0.3 is 58.4 Å². The molecule has 12 N–H and O–H groups in total.